The van der Waals surface area contributed by atoms with Crippen molar-refractivity contribution in [1.29, 1.82) is 0 Å². The summed E-state index contributed by atoms with van der Waals surface area (Å²) in [6.07, 6.45) is 4.82. The number of hydrogen-bond acceptors (Lipinski definition) is 1. The van der Waals surface area contributed by atoms with Crippen molar-refractivity contribution in [2.75, 3.05) is 0 Å². The lowest BCUT2D eigenvalue weighted by molar-refractivity contribution is 0.315. The Hall–Kier alpha value is -2.63. The van der Waals surface area contributed by atoms with Gasteiger partial charge in [0.05, 0.1) is 12.7 Å². The maximum absolute atomic E-state index is 6.09. The molecule has 0 aromatic heterocycles. The predicted molar refractivity (Wildman–Crippen MR) is 168 cm³/mol. The van der Waals surface area contributed by atoms with E-state index in [1.807, 2.05) is 0 Å². The van der Waals surface area contributed by atoms with Crippen LogP contribution in [0, 0.1) is 10.8 Å². The zero-order valence-electron chi connectivity index (χ0n) is 24.5. The van der Waals surface area contributed by atoms with Crippen molar-refractivity contribution in [2.45, 2.75) is 80.1 Å². The second-order valence-corrected chi connectivity index (χ2v) is 16.2. The monoisotopic (exact) mass is 521 g/mol. The minimum atomic E-state index is -2.33. The quantitative estimate of drug-likeness (QED) is 0.286. The Kier molecular flexibility index (Phi) is 6.98. The van der Waals surface area contributed by atoms with Crippen LogP contribution in [0.1, 0.15) is 91.2 Å². The minimum absolute atomic E-state index is 0.183. The summed E-state index contributed by atoms with van der Waals surface area (Å²) >= 11 is 0. The van der Waals surface area contributed by atoms with Crippen LogP contribution in [0.15, 0.2) is 106 Å². The molecule has 3 aromatic rings. The normalized spacial score (nSPS) is 18.2. The summed E-state index contributed by atoms with van der Waals surface area (Å²) in [4.78, 5) is 0. The van der Waals surface area contributed by atoms with Crippen LogP contribution in [0.25, 0.3) is 0 Å². The molecule has 2 aliphatic carbocycles. The molecule has 0 aliphatic heterocycles. The summed E-state index contributed by atoms with van der Waals surface area (Å²) in [6, 6.07) is 29.2. The van der Waals surface area contributed by atoms with Gasteiger partial charge in [0.1, 0.15) is 0 Å². The highest BCUT2D eigenvalue weighted by Gasteiger charge is 2.47. The van der Waals surface area contributed by atoms with Gasteiger partial charge in [-0.1, -0.05) is 146 Å². The van der Waals surface area contributed by atoms with Gasteiger partial charge in [-0.05, 0) is 57.5 Å². The Balaban J connectivity index is 1.91. The van der Waals surface area contributed by atoms with E-state index in [0.717, 1.165) is 6.42 Å². The lowest BCUT2D eigenvalue weighted by Gasteiger charge is -2.33. The Morgan fingerprint density at radius 3 is 1.61 bits per heavy atom. The number of benzene rings is 3. The van der Waals surface area contributed by atoms with E-state index in [-0.39, 0.29) is 10.8 Å². The molecule has 2 aliphatic rings. The van der Waals surface area contributed by atoms with Crippen LogP contribution in [-0.4, -0.2) is 0 Å². The van der Waals surface area contributed by atoms with E-state index < -0.39 is 7.05 Å². The molecular weight excluding hydrogens is 477 g/mol. The van der Waals surface area contributed by atoms with E-state index >= 15 is 0 Å². The molecule has 2 heteroatoms. The van der Waals surface area contributed by atoms with E-state index in [1.165, 1.54) is 39.2 Å². The molecule has 1 nitrogen and oxygen atoms in total. The van der Waals surface area contributed by atoms with Crippen molar-refractivity contribution in [3.63, 3.8) is 0 Å². The SMILES string of the molecule is CC(C)c1cccc(C(C)C)c1N=P(C1=CC2=C(C1)C(C)(C)CC2(C)C)(c1ccccc1)c1ccccc1. The first-order valence-corrected chi connectivity index (χ1v) is 16.0. The van der Waals surface area contributed by atoms with Crippen molar-refractivity contribution in [3.8, 4) is 0 Å². The van der Waals surface area contributed by atoms with Gasteiger partial charge < -0.3 is 0 Å². The summed E-state index contributed by atoms with van der Waals surface area (Å²) in [5.74, 6) is 0.805. The molecule has 0 radical (unpaired) electrons. The molecule has 0 atom stereocenters. The van der Waals surface area contributed by atoms with Gasteiger partial charge in [0.15, 0.2) is 0 Å². The molecule has 0 bridgehead atoms. The molecule has 0 heterocycles. The van der Waals surface area contributed by atoms with Gasteiger partial charge in [0.2, 0.25) is 0 Å². The van der Waals surface area contributed by atoms with Gasteiger partial charge in [-0.25, -0.2) is 0 Å². The highest BCUT2D eigenvalue weighted by atomic mass is 31.2. The summed E-state index contributed by atoms with van der Waals surface area (Å²) < 4.78 is 6.09. The van der Waals surface area contributed by atoms with Crippen molar-refractivity contribution in [3.05, 3.63) is 113 Å². The second-order valence-electron chi connectivity index (χ2n) is 13.2. The van der Waals surface area contributed by atoms with Crippen LogP contribution in [0.2, 0.25) is 0 Å². The number of allylic oxidation sites excluding steroid dienone is 4. The zero-order valence-corrected chi connectivity index (χ0v) is 25.4. The summed E-state index contributed by atoms with van der Waals surface area (Å²) in [5, 5.41) is 4.21. The molecule has 0 saturated carbocycles. The van der Waals surface area contributed by atoms with Crippen molar-refractivity contribution < 1.29 is 0 Å². The van der Waals surface area contributed by atoms with Crippen LogP contribution >= 0.6 is 7.05 Å². The molecule has 0 N–H and O–H groups in total. The molecule has 38 heavy (non-hydrogen) atoms. The maximum atomic E-state index is 6.09. The van der Waals surface area contributed by atoms with Crippen molar-refractivity contribution in [2.24, 2.45) is 15.6 Å². The molecule has 0 fully saturated rings. The zero-order chi connectivity index (χ0) is 27.3. The molecule has 198 valence electrons. The summed E-state index contributed by atoms with van der Waals surface area (Å²) in [5.41, 5.74) is 7.50. The fraction of sp³-hybridized carbons (Fsp3) is 0.389. The van der Waals surface area contributed by atoms with E-state index in [9.17, 15) is 0 Å². The molecule has 5 rings (SSSR count). The molecule has 0 unspecified atom stereocenters. The number of nitrogens with zero attached hydrogens (tertiary/aromatic N) is 1. The Morgan fingerprint density at radius 1 is 0.658 bits per heavy atom. The Labute approximate surface area is 231 Å². The fourth-order valence-corrected chi connectivity index (χ4v) is 10.8. The summed E-state index contributed by atoms with van der Waals surface area (Å²) in [7, 11) is -2.33. The summed E-state index contributed by atoms with van der Waals surface area (Å²) in [6.45, 7) is 19.0. The first-order chi connectivity index (χ1) is 18.0. The Bertz CT molecular complexity index is 1380. The van der Waals surface area contributed by atoms with E-state index in [4.69, 9.17) is 4.74 Å². The van der Waals surface area contributed by atoms with Crippen LogP contribution in [-0.2, 0) is 0 Å². The van der Waals surface area contributed by atoms with E-state index in [2.05, 4.69) is 140 Å². The highest BCUT2D eigenvalue weighted by molar-refractivity contribution is 7.84. The largest absolute Gasteiger partial charge is 0.254 e. The lowest BCUT2D eigenvalue weighted by atomic mass is 9.78. The van der Waals surface area contributed by atoms with Crippen LogP contribution in [0.4, 0.5) is 5.69 Å². The topological polar surface area (TPSA) is 12.4 Å². The standard InChI is InChI=1S/C36H44NP/c1-25(2)30-20-15-21-31(26(3)4)34(30)37-38(27-16-11-9-12-17-27,28-18-13-10-14-19-28)29-22-32-33(23-29)36(7,8)24-35(32,5)6/h9-22,25-26H,23-24H2,1-8H3. The first kappa shape index (κ1) is 27.0. The van der Waals surface area contributed by atoms with Crippen LogP contribution in [0.5, 0.6) is 0 Å². The minimum Gasteiger partial charge on any atom is -0.254 e. The molecule has 3 aromatic carbocycles. The molecule has 0 saturated heterocycles. The Morgan fingerprint density at radius 2 is 1.16 bits per heavy atom. The highest BCUT2D eigenvalue weighted by Crippen LogP contribution is 2.67. The predicted octanol–water partition coefficient (Wildman–Crippen LogP) is 10.5. The van der Waals surface area contributed by atoms with Crippen molar-refractivity contribution in [1.82, 2.24) is 0 Å². The van der Waals surface area contributed by atoms with Crippen LogP contribution in [0.3, 0.4) is 0 Å². The average molecular weight is 522 g/mol. The molecule has 0 amide bonds. The molecular formula is C36H44NP. The first-order valence-electron chi connectivity index (χ1n) is 14.3. The van der Waals surface area contributed by atoms with E-state index in [0.29, 0.717) is 11.8 Å². The van der Waals surface area contributed by atoms with Gasteiger partial charge in [0.25, 0.3) is 0 Å². The van der Waals surface area contributed by atoms with Crippen LogP contribution < -0.4 is 10.6 Å². The smallest absolute Gasteiger partial charge is 0.0694 e. The maximum Gasteiger partial charge on any atom is 0.0694 e. The third kappa shape index (κ3) is 4.48. The number of rotatable bonds is 6. The fourth-order valence-electron chi connectivity index (χ4n) is 7.03. The van der Waals surface area contributed by atoms with Gasteiger partial charge in [-0.2, -0.15) is 0 Å². The third-order valence-electron chi connectivity index (χ3n) is 8.69. The molecule has 0 spiro atoms. The van der Waals surface area contributed by atoms with Gasteiger partial charge in [-0.3, -0.25) is 4.74 Å². The average Bonchev–Trinajstić information content (AvgIpc) is 3.42. The van der Waals surface area contributed by atoms with Gasteiger partial charge in [-0.15, -0.1) is 0 Å². The lowest BCUT2D eigenvalue weighted by Crippen LogP contribution is -2.20. The second kappa shape index (κ2) is 9.84. The van der Waals surface area contributed by atoms with Gasteiger partial charge in [0, 0.05) is 10.6 Å². The van der Waals surface area contributed by atoms with Crippen molar-refractivity contribution >= 4 is 23.4 Å². The third-order valence-corrected chi connectivity index (χ3v) is 12.4. The van der Waals surface area contributed by atoms with Gasteiger partial charge >= 0.3 is 0 Å². The van der Waals surface area contributed by atoms with E-state index in [1.54, 1.807) is 11.1 Å². The number of hydrogen-bond donors (Lipinski definition) is 0.